The molecule has 1 aliphatic rings. The number of aliphatic hydroxyl groups is 2. The van der Waals surface area contributed by atoms with Gasteiger partial charge < -0.3 is 20.4 Å². The Morgan fingerprint density at radius 1 is 1.71 bits per heavy atom. The average molecular weight is 242 g/mol. The first-order valence-electron chi connectivity index (χ1n) is 5.16. The maximum Gasteiger partial charge on any atom is 0.351 e. The normalized spacial score (nSPS) is 28.3. The Kier molecular flexibility index (Phi) is 3.38. The van der Waals surface area contributed by atoms with Gasteiger partial charge in [0.25, 0.3) is 0 Å². The SMILES string of the molecule is NNc1ccn([C@H]2C[C@@H](O)[C@@H](CO)O2)c(=O)n1. The Morgan fingerprint density at radius 3 is 3.00 bits per heavy atom. The second-order valence-electron chi connectivity index (χ2n) is 3.76. The molecule has 0 aromatic carbocycles. The number of aliphatic hydroxyl groups excluding tert-OH is 2. The quantitative estimate of drug-likeness (QED) is 0.363. The summed E-state index contributed by atoms with van der Waals surface area (Å²) < 4.78 is 6.58. The number of nitrogen functional groups attached to an aromatic ring is 1. The number of hydrogen-bond acceptors (Lipinski definition) is 7. The van der Waals surface area contributed by atoms with Crippen LogP contribution in [0.15, 0.2) is 17.1 Å². The predicted octanol–water partition coefficient (Wildman–Crippen LogP) is -1.83. The molecule has 5 N–H and O–H groups in total. The van der Waals surface area contributed by atoms with Crippen LogP contribution in [0, 0.1) is 0 Å². The highest BCUT2D eigenvalue weighted by Crippen LogP contribution is 2.27. The summed E-state index contributed by atoms with van der Waals surface area (Å²) in [6, 6.07) is 1.52. The Balaban J connectivity index is 2.22. The number of nitrogens with zero attached hydrogens (tertiary/aromatic N) is 2. The maximum atomic E-state index is 11.6. The van der Waals surface area contributed by atoms with Crippen LogP contribution >= 0.6 is 0 Å². The third-order valence-electron chi connectivity index (χ3n) is 2.67. The van der Waals surface area contributed by atoms with E-state index in [-0.39, 0.29) is 18.8 Å². The lowest BCUT2D eigenvalue weighted by Gasteiger charge is -2.14. The van der Waals surface area contributed by atoms with Crippen molar-refractivity contribution in [1.29, 1.82) is 0 Å². The van der Waals surface area contributed by atoms with Gasteiger partial charge in [-0.2, -0.15) is 4.98 Å². The number of anilines is 1. The molecular formula is C9H14N4O4. The van der Waals surface area contributed by atoms with Crippen molar-refractivity contribution in [2.45, 2.75) is 24.9 Å². The molecule has 0 radical (unpaired) electrons. The Labute approximate surface area is 96.6 Å². The average Bonchev–Trinajstić information content (AvgIpc) is 2.70. The molecule has 0 unspecified atom stereocenters. The van der Waals surface area contributed by atoms with Crippen LogP contribution in [0.2, 0.25) is 0 Å². The van der Waals surface area contributed by atoms with E-state index < -0.39 is 24.1 Å². The van der Waals surface area contributed by atoms with Crippen molar-refractivity contribution in [2.24, 2.45) is 5.84 Å². The molecule has 0 amide bonds. The Morgan fingerprint density at radius 2 is 2.47 bits per heavy atom. The first kappa shape index (κ1) is 12.0. The lowest BCUT2D eigenvalue weighted by Crippen LogP contribution is -2.28. The summed E-state index contributed by atoms with van der Waals surface area (Å²) in [4.78, 5) is 15.3. The zero-order valence-corrected chi connectivity index (χ0v) is 8.98. The molecule has 0 bridgehead atoms. The van der Waals surface area contributed by atoms with E-state index in [0.717, 1.165) is 0 Å². The van der Waals surface area contributed by atoms with E-state index in [1.165, 1.54) is 16.8 Å². The lowest BCUT2D eigenvalue weighted by atomic mass is 10.2. The molecule has 3 atom stereocenters. The van der Waals surface area contributed by atoms with Crippen LogP contribution in [-0.2, 0) is 4.74 Å². The summed E-state index contributed by atoms with van der Waals surface area (Å²) in [5.41, 5.74) is 1.73. The fourth-order valence-electron chi connectivity index (χ4n) is 1.76. The van der Waals surface area contributed by atoms with Crippen molar-refractivity contribution in [3.05, 3.63) is 22.7 Å². The van der Waals surface area contributed by atoms with Crippen molar-refractivity contribution >= 4 is 5.82 Å². The van der Waals surface area contributed by atoms with Crippen LogP contribution in [0.1, 0.15) is 12.6 Å². The minimum Gasteiger partial charge on any atom is -0.394 e. The third kappa shape index (κ3) is 2.29. The fraction of sp³-hybridized carbons (Fsp3) is 0.556. The van der Waals surface area contributed by atoms with Gasteiger partial charge in [0, 0.05) is 12.6 Å². The molecule has 1 aliphatic heterocycles. The van der Waals surface area contributed by atoms with Gasteiger partial charge in [0.1, 0.15) is 18.1 Å². The Bertz CT molecular complexity index is 449. The van der Waals surface area contributed by atoms with Crippen LogP contribution in [0.5, 0.6) is 0 Å². The van der Waals surface area contributed by atoms with E-state index in [1.54, 1.807) is 0 Å². The number of hydrazine groups is 1. The van der Waals surface area contributed by atoms with Crippen molar-refractivity contribution in [2.75, 3.05) is 12.0 Å². The number of rotatable bonds is 3. The second-order valence-corrected chi connectivity index (χ2v) is 3.76. The number of nitrogens with one attached hydrogen (secondary N) is 1. The van der Waals surface area contributed by atoms with E-state index >= 15 is 0 Å². The minimum atomic E-state index is -0.788. The summed E-state index contributed by atoms with van der Waals surface area (Å²) in [5.74, 6) is 5.38. The largest absolute Gasteiger partial charge is 0.394 e. The number of hydrogen-bond donors (Lipinski definition) is 4. The number of ether oxygens (including phenoxy) is 1. The van der Waals surface area contributed by atoms with Crippen molar-refractivity contribution in [1.82, 2.24) is 9.55 Å². The van der Waals surface area contributed by atoms with Gasteiger partial charge in [-0.3, -0.25) is 4.57 Å². The first-order valence-corrected chi connectivity index (χ1v) is 5.16. The van der Waals surface area contributed by atoms with Crippen molar-refractivity contribution in [3.63, 3.8) is 0 Å². The topological polar surface area (TPSA) is 123 Å². The van der Waals surface area contributed by atoms with Gasteiger partial charge in [0.15, 0.2) is 0 Å². The van der Waals surface area contributed by atoms with Gasteiger partial charge in [-0.05, 0) is 6.07 Å². The summed E-state index contributed by atoms with van der Waals surface area (Å²) in [6.45, 7) is -0.289. The maximum absolute atomic E-state index is 11.6. The minimum absolute atomic E-state index is 0.238. The first-order chi connectivity index (χ1) is 8.15. The summed E-state index contributed by atoms with van der Waals surface area (Å²) in [6.07, 6.45) is -0.360. The molecule has 1 saturated heterocycles. The third-order valence-corrected chi connectivity index (χ3v) is 2.67. The molecule has 17 heavy (non-hydrogen) atoms. The van der Waals surface area contributed by atoms with Gasteiger partial charge in [-0.15, -0.1) is 0 Å². The zero-order chi connectivity index (χ0) is 12.4. The smallest absolute Gasteiger partial charge is 0.351 e. The van der Waals surface area contributed by atoms with Crippen LogP contribution in [0.3, 0.4) is 0 Å². The molecule has 94 valence electrons. The summed E-state index contributed by atoms with van der Waals surface area (Å²) in [5, 5.41) is 18.5. The van der Waals surface area contributed by atoms with Gasteiger partial charge in [-0.1, -0.05) is 0 Å². The fourth-order valence-corrected chi connectivity index (χ4v) is 1.76. The van der Waals surface area contributed by atoms with Crippen molar-refractivity contribution in [3.8, 4) is 0 Å². The predicted molar refractivity (Wildman–Crippen MR) is 57.9 cm³/mol. The van der Waals surface area contributed by atoms with E-state index in [2.05, 4.69) is 10.4 Å². The standard InChI is InChI=1S/C9H14N4O4/c10-12-7-1-2-13(9(16)11-7)8-3-5(15)6(4-14)17-8/h1-2,5-6,8,14-15H,3-4,10H2,(H,11,12,16)/t5-,6-,8-/m1/s1. The number of nitrogens with two attached hydrogens (primary N) is 1. The van der Waals surface area contributed by atoms with Crippen LogP contribution in [0.4, 0.5) is 5.82 Å². The van der Waals surface area contributed by atoms with Gasteiger partial charge in [0.2, 0.25) is 0 Å². The highest BCUT2D eigenvalue weighted by molar-refractivity contribution is 5.29. The zero-order valence-electron chi connectivity index (χ0n) is 8.98. The molecule has 1 aromatic heterocycles. The molecule has 2 heterocycles. The molecule has 0 saturated carbocycles. The highest BCUT2D eigenvalue weighted by Gasteiger charge is 2.34. The van der Waals surface area contributed by atoms with Crippen LogP contribution in [-0.4, -0.2) is 38.6 Å². The molecule has 2 rings (SSSR count). The molecular weight excluding hydrogens is 228 g/mol. The van der Waals surface area contributed by atoms with Crippen molar-refractivity contribution < 1.29 is 14.9 Å². The highest BCUT2D eigenvalue weighted by atomic mass is 16.5. The molecule has 8 heteroatoms. The van der Waals surface area contributed by atoms with E-state index in [0.29, 0.717) is 0 Å². The van der Waals surface area contributed by atoms with Gasteiger partial charge in [0.05, 0.1) is 12.7 Å². The monoisotopic (exact) mass is 242 g/mol. The van der Waals surface area contributed by atoms with E-state index in [9.17, 15) is 9.90 Å². The second kappa shape index (κ2) is 4.80. The van der Waals surface area contributed by atoms with E-state index in [1.807, 2.05) is 0 Å². The van der Waals surface area contributed by atoms with E-state index in [4.69, 9.17) is 15.7 Å². The summed E-state index contributed by atoms with van der Waals surface area (Å²) in [7, 11) is 0. The van der Waals surface area contributed by atoms with Gasteiger partial charge >= 0.3 is 5.69 Å². The lowest BCUT2D eigenvalue weighted by molar-refractivity contribution is -0.0458. The molecule has 1 aromatic rings. The number of aromatic nitrogens is 2. The molecule has 0 spiro atoms. The van der Waals surface area contributed by atoms with Gasteiger partial charge in [-0.25, -0.2) is 10.6 Å². The summed E-state index contributed by atoms with van der Waals surface area (Å²) >= 11 is 0. The van der Waals surface area contributed by atoms with Crippen LogP contribution < -0.4 is 17.0 Å². The molecule has 1 fully saturated rings. The van der Waals surface area contributed by atoms with Crippen LogP contribution in [0.25, 0.3) is 0 Å². The molecule has 0 aliphatic carbocycles. The Hall–Kier alpha value is -1.48. The molecule has 8 nitrogen and oxygen atoms in total.